The van der Waals surface area contributed by atoms with Gasteiger partial charge in [0.25, 0.3) is 0 Å². The largest absolute Gasteiger partial charge is 0.311 e. The lowest BCUT2D eigenvalue weighted by Crippen LogP contribution is -2.45. The first kappa shape index (κ1) is 12.1. The van der Waals surface area contributed by atoms with E-state index in [4.69, 9.17) is 0 Å². The number of nitrogens with zero attached hydrogens (tertiary/aromatic N) is 1. The quantitative estimate of drug-likeness (QED) is 0.694. The van der Waals surface area contributed by atoms with E-state index in [9.17, 15) is 0 Å². The second-order valence-electron chi connectivity index (χ2n) is 5.55. The molecular formula is C14H26N2. The van der Waals surface area contributed by atoms with Crippen molar-refractivity contribution in [1.82, 2.24) is 10.2 Å². The first-order valence-electron chi connectivity index (χ1n) is 6.85. The molecule has 0 amide bonds. The van der Waals surface area contributed by atoms with Crippen LogP contribution in [0.2, 0.25) is 0 Å². The summed E-state index contributed by atoms with van der Waals surface area (Å²) in [6.07, 6.45) is 10.1. The van der Waals surface area contributed by atoms with Crippen molar-refractivity contribution in [2.24, 2.45) is 5.92 Å². The highest BCUT2D eigenvalue weighted by Gasteiger charge is 2.32. The molecule has 0 aromatic heterocycles. The number of hydrogen-bond donors (Lipinski definition) is 1. The molecule has 1 saturated carbocycles. The van der Waals surface area contributed by atoms with Gasteiger partial charge in [0.15, 0.2) is 0 Å². The Morgan fingerprint density at radius 2 is 2.00 bits per heavy atom. The maximum absolute atomic E-state index is 3.90. The first-order chi connectivity index (χ1) is 7.79. The minimum absolute atomic E-state index is 0.770. The number of piperidine rings is 1. The molecule has 1 atom stereocenters. The summed E-state index contributed by atoms with van der Waals surface area (Å²) in [6, 6.07) is 1.54. The molecule has 0 aromatic carbocycles. The first-order valence-corrected chi connectivity index (χ1v) is 6.85. The lowest BCUT2D eigenvalue weighted by Gasteiger charge is -2.32. The fourth-order valence-corrected chi connectivity index (χ4v) is 2.73. The van der Waals surface area contributed by atoms with Crippen molar-refractivity contribution in [2.45, 2.75) is 50.6 Å². The Morgan fingerprint density at radius 3 is 2.56 bits per heavy atom. The fourth-order valence-electron chi connectivity index (χ4n) is 2.73. The van der Waals surface area contributed by atoms with Crippen LogP contribution in [0.15, 0.2) is 12.7 Å². The Hall–Kier alpha value is -0.340. The Labute approximate surface area is 100 Å². The van der Waals surface area contributed by atoms with Crippen LogP contribution in [0.25, 0.3) is 0 Å². The van der Waals surface area contributed by atoms with Gasteiger partial charge in [-0.15, -0.1) is 6.58 Å². The zero-order valence-corrected chi connectivity index (χ0v) is 10.6. The molecule has 2 heteroatoms. The van der Waals surface area contributed by atoms with Gasteiger partial charge in [0.05, 0.1) is 0 Å². The maximum atomic E-state index is 3.90. The monoisotopic (exact) mass is 222 g/mol. The average molecular weight is 222 g/mol. The molecule has 1 aliphatic carbocycles. The SMILES string of the molecule is C=CCCC(NC1CCN(C)CC1)C1CC1. The third-order valence-corrected chi connectivity index (χ3v) is 4.04. The van der Waals surface area contributed by atoms with Crippen molar-refractivity contribution < 1.29 is 0 Å². The molecule has 2 fully saturated rings. The molecule has 0 radical (unpaired) electrons. The van der Waals surface area contributed by atoms with E-state index in [2.05, 4.69) is 29.9 Å². The Balaban J connectivity index is 1.74. The predicted molar refractivity (Wildman–Crippen MR) is 69.6 cm³/mol. The van der Waals surface area contributed by atoms with Gasteiger partial charge in [0.1, 0.15) is 0 Å². The zero-order chi connectivity index (χ0) is 11.4. The van der Waals surface area contributed by atoms with E-state index < -0.39 is 0 Å². The standard InChI is InChI=1S/C14H26N2/c1-3-4-5-14(12-6-7-12)15-13-8-10-16(2)11-9-13/h3,12-15H,1,4-11H2,2H3. The van der Waals surface area contributed by atoms with Crippen molar-refractivity contribution in [3.8, 4) is 0 Å². The van der Waals surface area contributed by atoms with Crippen LogP contribution in [0.3, 0.4) is 0 Å². The van der Waals surface area contributed by atoms with Crippen LogP contribution < -0.4 is 5.32 Å². The topological polar surface area (TPSA) is 15.3 Å². The van der Waals surface area contributed by atoms with E-state index in [0.717, 1.165) is 18.0 Å². The highest BCUT2D eigenvalue weighted by Crippen LogP contribution is 2.35. The molecule has 92 valence electrons. The number of allylic oxidation sites excluding steroid dienone is 1. The van der Waals surface area contributed by atoms with Gasteiger partial charge in [-0.1, -0.05) is 6.08 Å². The summed E-state index contributed by atoms with van der Waals surface area (Å²) in [4.78, 5) is 2.44. The molecule has 1 saturated heterocycles. The van der Waals surface area contributed by atoms with Gasteiger partial charge in [0, 0.05) is 12.1 Å². The highest BCUT2D eigenvalue weighted by atomic mass is 15.1. The molecule has 2 rings (SSSR count). The van der Waals surface area contributed by atoms with Crippen LogP contribution >= 0.6 is 0 Å². The van der Waals surface area contributed by atoms with Gasteiger partial charge in [-0.25, -0.2) is 0 Å². The third kappa shape index (κ3) is 3.60. The van der Waals surface area contributed by atoms with Crippen LogP contribution in [0, 0.1) is 5.92 Å². The van der Waals surface area contributed by atoms with Crippen molar-refractivity contribution in [2.75, 3.05) is 20.1 Å². The number of likely N-dealkylation sites (tertiary alicyclic amines) is 1. The second-order valence-corrected chi connectivity index (χ2v) is 5.55. The van der Waals surface area contributed by atoms with Crippen LogP contribution in [-0.2, 0) is 0 Å². The number of rotatable bonds is 6. The minimum Gasteiger partial charge on any atom is -0.311 e. The average Bonchev–Trinajstić information content (AvgIpc) is 3.11. The molecule has 1 N–H and O–H groups in total. The fraction of sp³-hybridized carbons (Fsp3) is 0.857. The zero-order valence-electron chi connectivity index (χ0n) is 10.6. The smallest absolute Gasteiger partial charge is 0.0101 e. The van der Waals surface area contributed by atoms with Crippen LogP contribution in [0.4, 0.5) is 0 Å². The van der Waals surface area contributed by atoms with Gasteiger partial charge in [-0.3, -0.25) is 0 Å². The molecule has 0 bridgehead atoms. The minimum atomic E-state index is 0.770. The third-order valence-electron chi connectivity index (χ3n) is 4.04. The van der Waals surface area contributed by atoms with Crippen LogP contribution in [0.1, 0.15) is 38.5 Å². The molecule has 0 aromatic rings. The van der Waals surface area contributed by atoms with Gasteiger partial charge >= 0.3 is 0 Å². The van der Waals surface area contributed by atoms with Crippen molar-refractivity contribution >= 4 is 0 Å². The molecule has 0 spiro atoms. The summed E-state index contributed by atoms with van der Waals surface area (Å²) in [6.45, 7) is 6.36. The van der Waals surface area contributed by atoms with Crippen molar-refractivity contribution in [3.63, 3.8) is 0 Å². The summed E-state index contributed by atoms with van der Waals surface area (Å²) < 4.78 is 0. The summed E-state index contributed by atoms with van der Waals surface area (Å²) in [7, 11) is 2.23. The van der Waals surface area contributed by atoms with E-state index in [0.29, 0.717) is 0 Å². The number of hydrogen-bond acceptors (Lipinski definition) is 2. The molecular weight excluding hydrogens is 196 g/mol. The Kier molecular flexibility index (Phi) is 4.42. The predicted octanol–water partition coefficient (Wildman–Crippen LogP) is 2.42. The second kappa shape index (κ2) is 5.83. The van der Waals surface area contributed by atoms with Crippen LogP contribution in [-0.4, -0.2) is 37.1 Å². The van der Waals surface area contributed by atoms with Crippen molar-refractivity contribution in [1.29, 1.82) is 0 Å². The molecule has 2 aliphatic rings. The van der Waals surface area contributed by atoms with Crippen LogP contribution in [0.5, 0.6) is 0 Å². The maximum Gasteiger partial charge on any atom is 0.0101 e. The summed E-state index contributed by atoms with van der Waals surface area (Å²) >= 11 is 0. The summed E-state index contributed by atoms with van der Waals surface area (Å²) in [5.74, 6) is 0.972. The van der Waals surface area contributed by atoms with E-state index in [1.165, 1.54) is 51.6 Å². The van der Waals surface area contributed by atoms with Crippen molar-refractivity contribution in [3.05, 3.63) is 12.7 Å². The summed E-state index contributed by atoms with van der Waals surface area (Å²) in [5, 5.41) is 3.90. The van der Waals surface area contributed by atoms with E-state index >= 15 is 0 Å². The lowest BCUT2D eigenvalue weighted by molar-refractivity contribution is 0.217. The van der Waals surface area contributed by atoms with E-state index in [1.807, 2.05) is 0 Å². The molecule has 2 nitrogen and oxygen atoms in total. The van der Waals surface area contributed by atoms with Gasteiger partial charge in [-0.2, -0.15) is 0 Å². The molecule has 1 heterocycles. The lowest BCUT2D eigenvalue weighted by atomic mass is 10.0. The van der Waals surface area contributed by atoms with E-state index in [1.54, 1.807) is 0 Å². The highest BCUT2D eigenvalue weighted by molar-refractivity contribution is 4.90. The molecule has 16 heavy (non-hydrogen) atoms. The Morgan fingerprint density at radius 1 is 1.31 bits per heavy atom. The summed E-state index contributed by atoms with van der Waals surface area (Å²) in [5.41, 5.74) is 0. The molecule has 1 unspecified atom stereocenters. The van der Waals surface area contributed by atoms with Gasteiger partial charge < -0.3 is 10.2 Å². The Bertz CT molecular complexity index is 215. The van der Waals surface area contributed by atoms with Gasteiger partial charge in [-0.05, 0) is 64.6 Å². The van der Waals surface area contributed by atoms with Gasteiger partial charge in [0.2, 0.25) is 0 Å². The number of nitrogens with one attached hydrogen (secondary N) is 1. The molecule has 1 aliphatic heterocycles. The van der Waals surface area contributed by atoms with E-state index in [-0.39, 0.29) is 0 Å². The normalized spacial score (nSPS) is 25.6.